The molecule has 2 aromatic rings. The average molecular weight is 404 g/mol. The molecule has 1 N–H and O–H groups in total. The monoisotopic (exact) mass is 404 g/mol. The number of fused-ring (bicyclic) bond motifs is 1. The Labute approximate surface area is 168 Å². The van der Waals surface area contributed by atoms with E-state index >= 15 is 0 Å². The first-order valence-corrected chi connectivity index (χ1v) is 10.2. The Balaban J connectivity index is 1.43. The van der Waals surface area contributed by atoms with Gasteiger partial charge >= 0.3 is 6.03 Å². The summed E-state index contributed by atoms with van der Waals surface area (Å²) in [6, 6.07) is 3.31. The second-order valence-corrected chi connectivity index (χ2v) is 7.85. The van der Waals surface area contributed by atoms with Crippen LogP contribution in [0.5, 0.6) is 5.75 Å². The number of ether oxygens (including phenoxy) is 1. The number of urea groups is 1. The van der Waals surface area contributed by atoms with Crippen molar-refractivity contribution in [1.82, 2.24) is 20.0 Å². The van der Waals surface area contributed by atoms with Crippen LogP contribution in [0, 0.1) is 11.6 Å². The Bertz CT molecular complexity index is 873. The summed E-state index contributed by atoms with van der Waals surface area (Å²) in [7, 11) is 1.86. The largest absolute Gasteiger partial charge is 0.487 e. The van der Waals surface area contributed by atoms with Gasteiger partial charge in [0.05, 0.1) is 6.54 Å². The molecule has 1 aliphatic carbocycles. The second kappa shape index (κ2) is 8.39. The van der Waals surface area contributed by atoms with Gasteiger partial charge in [0.15, 0.2) is 0 Å². The summed E-state index contributed by atoms with van der Waals surface area (Å²) >= 11 is 0. The van der Waals surface area contributed by atoms with Crippen LogP contribution < -0.4 is 10.1 Å². The van der Waals surface area contributed by atoms with Crippen LogP contribution in [-0.4, -0.2) is 33.3 Å². The fourth-order valence-corrected chi connectivity index (χ4v) is 4.24. The maximum Gasteiger partial charge on any atom is 0.317 e. The Hall–Kier alpha value is -2.64. The molecule has 1 aromatic heterocycles. The number of halogens is 2. The Morgan fingerprint density at radius 2 is 1.93 bits per heavy atom. The van der Waals surface area contributed by atoms with Crippen molar-refractivity contribution >= 4 is 6.03 Å². The number of aromatic nitrogens is 2. The lowest BCUT2D eigenvalue weighted by molar-refractivity contribution is 0.183. The zero-order valence-electron chi connectivity index (χ0n) is 16.6. The van der Waals surface area contributed by atoms with Gasteiger partial charge in [-0.1, -0.05) is 19.3 Å². The quantitative estimate of drug-likeness (QED) is 0.846. The van der Waals surface area contributed by atoms with E-state index in [-0.39, 0.29) is 24.4 Å². The van der Waals surface area contributed by atoms with Gasteiger partial charge in [0.2, 0.25) is 0 Å². The second-order valence-electron chi connectivity index (χ2n) is 7.85. The number of hydrogen-bond donors (Lipinski definition) is 1. The number of rotatable bonds is 4. The molecule has 0 unspecified atom stereocenters. The summed E-state index contributed by atoms with van der Waals surface area (Å²) in [5.74, 6) is -1.26. The number of nitrogens with zero attached hydrogens (tertiary/aromatic N) is 3. The summed E-state index contributed by atoms with van der Waals surface area (Å²) in [4.78, 5) is 14.5. The van der Waals surface area contributed by atoms with Crippen molar-refractivity contribution in [3.8, 4) is 5.75 Å². The fraction of sp³-hybridized carbons (Fsp3) is 0.524. The van der Waals surface area contributed by atoms with Crippen LogP contribution >= 0.6 is 0 Å². The molecule has 0 atom stereocenters. The number of carbonyl (C=O) groups is 1. The molecule has 1 aliphatic heterocycles. The van der Waals surface area contributed by atoms with E-state index in [0.717, 1.165) is 42.3 Å². The van der Waals surface area contributed by atoms with Crippen LogP contribution in [0.1, 0.15) is 49.1 Å². The van der Waals surface area contributed by atoms with Crippen LogP contribution in [0.4, 0.5) is 13.6 Å². The lowest BCUT2D eigenvalue weighted by atomic mass is 9.95. The van der Waals surface area contributed by atoms with E-state index < -0.39 is 11.6 Å². The van der Waals surface area contributed by atoms with E-state index in [2.05, 4.69) is 10.4 Å². The molecule has 4 rings (SSSR count). The minimum absolute atomic E-state index is 0.0366. The highest BCUT2D eigenvalue weighted by Gasteiger charge is 2.28. The van der Waals surface area contributed by atoms with E-state index in [1.807, 2.05) is 11.9 Å². The highest BCUT2D eigenvalue weighted by molar-refractivity contribution is 5.75. The number of nitrogens with one attached hydrogen (secondary N) is 1. The molecular weight excluding hydrogens is 378 g/mol. The van der Waals surface area contributed by atoms with Gasteiger partial charge < -0.3 is 15.0 Å². The summed E-state index contributed by atoms with van der Waals surface area (Å²) in [5.41, 5.74) is 2.70. The van der Waals surface area contributed by atoms with E-state index in [9.17, 15) is 13.6 Å². The molecule has 0 bridgehead atoms. The molecule has 6 nitrogen and oxygen atoms in total. The van der Waals surface area contributed by atoms with Crippen molar-refractivity contribution in [3.63, 3.8) is 0 Å². The first-order chi connectivity index (χ1) is 14.0. The van der Waals surface area contributed by atoms with Crippen LogP contribution in [0.25, 0.3) is 0 Å². The van der Waals surface area contributed by atoms with Gasteiger partial charge in [0, 0.05) is 55.5 Å². The number of benzene rings is 1. The standard InChI is InChI=1S/C21H26F2N4O2/c1-26-20-7-8-27(21(28)24-16-5-3-2-4-6-16)12-18(20)19(25-26)13-29-17-10-14(22)9-15(23)11-17/h9-11,16H,2-8,12-13H2,1H3,(H,24,28). The van der Waals surface area contributed by atoms with Crippen LogP contribution in [0.2, 0.25) is 0 Å². The SMILES string of the molecule is Cn1nc(COc2cc(F)cc(F)c2)c2c1CCN(C(=O)NC1CCCCC1)C2. The number of hydrogen-bond acceptors (Lipinski definition) is 3. The molecule has 29 heavy (non-hydrogen) atoms. The zero-order chi connectivity index (χ0) is 20.4. The topological polar surface area (TPSA) is 59.4 Å². The van der Waals surface area contributed by atoms with Gasteiger partial charge in [-0.25, -0.2) is 13.6 Å². The maximum absolute atomic E-state index is 13.4. The fourth-order valence-electron chi connectivity index (χ4n) is 4.24. The molecule has 2 heterocycles. The molecule has 1 aromatic carbocycles. The van der Waals surface area contributed by atoms with Crippen molar-refractivity contribution in [2.45, 2.75) is 57.7 Å². The molecule has 2 amide bonds. The third-order valence-electron chi connectivity index (χ3n) is 5.76. The first-order valence-electron chi connectivity index (χ1n) is 10.2. The maximum atomic E-state index is 13.4. The summed E-state index contributed by atoms with van der Waals surface area (Å²) in [6.07, 6.45) is 6.38. The van der Waals surface area contributed by atoms with Gasteiger partial charge in [-0.05, 0) is 12.8 Å². The third-order valence-corrected chi connectivity index (χ3v) is 5.76. The molecule has 2 aliphatic rings. The van der Waals surface area contributed by atoms with Gasteiger partial charge in [0.25, 0.3) is 0 Å². The Morgan fingerprint density at radius 3 is 2.66 bits per heavy atom. The van der Waals surface area contributed by atoms with Crippen molar-refractivity contribution in [1.29, 1.82) is 0 Å². The van der Waals surface area contributed by atoms with Gasteiger partial charge in [-0.3, -0.25) is 4.68 Å². The smallest absolute Gasteiger partial charge is 0.317 e. The molecular formula is C21H26F2N4O2. The zero-order valence-corrected chi connectivity index (χ0v) is 16.6. The highest BCUT2D eigenvalue weighted by Crippen LogP contribution is 2.25. The van der Waals surface area contributed by atoms with Crippen LogP contribution in [0.3, 0.4) is 0 Å². The van der Waals surface area contributed by atoms with Crippen molar-refractivity contribution in [3.05, 3.63) is 46.8 Å². The molecule has 1 saturated carbocycles. The highest BCUT2D eigenvalue weighted by atomic mass is 19.1. The van der Waals surface area contributed by atoms with E-state index in [0.29, 0.717) is 25.2 Å². The average Bonchev–Trinajstić information content (AvgIpc) is 3.01. The van der Waals surface area contributed by atoms with Crippen molar-refractivity contribution in [2.75, 3.05) is 6.54 Å². The lowest BCUT2D eigenvalue weighted by Crippen LogP contribution is -2.47. The van der Waals surface area contributed by atoms with Crippen molar-refractivity contribution in [2.24, 2.45) is 7.05 Å². The molecule has 0 radical (unpaired) electrons. The molecule has 0 saturated heterocycles. The van der Waals surface area contributed by atoms with Crippen molar-refractivity contribution < 1.29 is 18.3 Å². The predicted octanol–water partition coefficient (Wildman–Crippen LogP) is 3.68. The minimum atomic E-state index is -0.686. The number of aryl methyl sites for hydroxylation is 1. The van der Waals surface area contributed by atoms with Crippen LogP contribution in [-0.2, 0) is 26.6 Å². The van der Waals surface area contributed by atoms with E-state index in [1.54, 1.807) is 4.68 Å². The summed E-state index contributed by atoms with van der Waals surface area (Å²) in [6.45, 7) is 1.18. The molecule has 0 spiro atoms. The third kappa shape index (κ3) is 4.52. The summed E-state index contributed by atoms with van der Waals surface area (Å²) in [5, 5.41) is 7.67. The minimum Gasteiger partial charge on any atom is -0.487 e. The first kappa shape index (κ1) is 19.7. The van der Waals surface area contributed by atoms with E-state index in [1.165, 1.54) is 19.3 Å². The van der Waals surface area contributed by atoms with Gasteiger partial charge in [-0.2, -0.15) is 5.10 Å². The predicted molar refractivity (Wildman–Crippen MR) is 103 cm³/mol. The number of amides is 2. The molecule has 1 fully saturated rings. The molecule has 156 valence electrons. The summed E-state index contributed by atoms with van der Waals surface area (Å²) < 4.78 is 34.1. The number of carbonyl (C=O) groups excluding carboxylic acids is 1. The Morgan fingerprint density at radius 1 is 1.21 bits per heavy atom. The Kier molecular flexibility index (Phi) is 5.69. The normalized spacial score (nSPS) is 17.1. The lowest BCUT2D eigenvalue weighted by Gasteiger charge is -2.31. The van der Waals surface area contributed by atoms with E-state index in [4.69, 9.17) is 4.74 Å². The van der Waals surface area contributed by atoms with Gasteiger partial charge in [0.1, 0.15) is 29.7 Å². The van der Waals surface area contributed by atoms with Crippen LogP contribution in [0.15, 0.2) is 18.2 Å². The van der Waals surface area contributed by atoms with Gasteiger partial charge in [-0.15, -0.1) is 0 Å². The molecule has 8 heteroatoms.